The summed E-state index contributed by atoms with van der Waals surface area (Å²) in [6, 6.07) is 21.6. The van der Waals surface area contributed by atoms with E-state index < -0.39 is 0 Å². The van der Waals surface area contributed by atoms with E-state index in [1.807, 2.05) is 49.4 Å². The number of pyridine rings is 1. The number of aromatic nitrogens is 3. The second-order valence-electron chi connectivity index (χ2n) is 8.07. The number of rotatable bonds is 8. The van der Waals surface area contributed by atoms with Gasteiger partial charge in [-0.15, -0.1) is 0 Å². The van der Waals surface area contributed by atoms with Gasteiger partial charge in [0.1, 0.15) is 6.54 Å². The van der Waals surface area contributed by atoms with Crippen LogP contribution in [0.5, 0.6) is 0 Å². The number of carbonyl (C=O) groups excluding carboxylic acids is 1. The zero-order valence-corrected chi connectivity index (χ0v) is 18.5. The molecule has 0 bridgehead atoms. The summed E-state index contributed by atoms with van der Waals surface area (Å²) in [5.74, 6) is -0.145. The van der Waals surface area contributed by atoms with Gasteiger partial charge in [-0.25, -0.2) is 9.67 Å². The number of benzene rings is 2. The van der Waals surface area contributed by atoms with Crippen molar-refractivity contribution in [3.05, 3.63) is 94.4 Å². The second kappa shape index (κ2) is 9.64. The van der Waals surface area contributed by atoms with E-state index in [-0.39, 0.29) is 24.1 Å². The molecule has 2 aromatic heterocycles. The lowest BCUT2D eigenvalue weighted by molar-refractivity contribution is -0.122. The molecule has 0 spiro atoms. The third kappa shape index (κ3) is 4.64. The highest BCUT2D eigenvalue weighted by Crippen LogP contribution is 2.15. The smallest absolute Gasteiger partial charge is 0.280 e. The number of hydrogen-bond acceptors (Lipinski definition) is 3. The van der Waals surface area contributed by atoms with Gasteiger partial charge in [0, 0.05) is 12.2 Å². The van der Waals surface area contributed by atoms with Crippen molar-refractivity contribution in [3.63, 3.8) is 0 Å². The van der Waals surface area contributed by atoms with E-state index in [0.29, 0.717) is 11.0 Å². The quantitative estimate of drug-likeness (QED) is 0.463. The van der Waals surface area contributed by atoms with E-state index in [0.717, 1.165) is 30.5 Å². The van der Waals surface area contributed by atoms with Gasteiger partial charge in [0.15, 0.2) is 5.65 Å². The third-order valence-corrected chi connectivity index (χ3v) is 5.67. The molecule has 6 heteroatoms. The largest absolute Gasteiger partial charge is 0.352 e. The molecule has 32 heavy (non-hydrogen) atoms. The molecule has 4 rings (SSSR count). The van der Waals surface area contributed by atoms with Crippen molar-refractivity contribution in [2.24, 2.45) is 0 Å². The van der Waals surface area contributed by atoms with Gasteiger partial charge in [-0.2, -0.15) is 0 Å². The minimum Gasteiger partial charge on any atom is -0.352 e. The van der Waals surface area contributed by atoms with E-state index in [4.69, 9.17) is 0 Å². The summed E-state index contributed by atoms with van der Waals surface area (Å²) in [6.45, 7) is 4.09. The average Bonchev–Trinajstić information content (AvgIpc) is 3.10. The van der Waals surface area contributed by atoms with Crippen molar-refractivity contribution in [2.45, 2.75) is 45.7 Å². The van der Waals surface area contributed by atoms with Crippen molar-refractivity contribution in [1.29, 1.82) is 0 Å². The molecule has 0 unspecified atom stereocenters. The predicted molar refractivity (Wildman–Crippen MR) is 127 cm³/mol. The van der Waals surface area contributed by atoms with Gasteiger partial charge in [0.05, 0.1) is 11.1 Å². The monoisotopic (exact) mass is 428 g/mol. The van der Waals surface area contributed by atoms with Crippen LogP contribution < -0.4 is 10.9 Å². The lowest BCUT2D eigenvalue weighted by Crippen LogP contribution is -2.37. The fourth-order valence-electron chi connectivity index (χ4n) is 3.95. The number of aryl methyl sites for hydroxylation is 2. The third-order valence-electron chi connectivity index (χ3n) is 5.67. The SMILES string of the molecule is CCc1cccc(-n2c(=O)c3cccnc3n2CC(=O)N[C@H](C)CCc2ccccc2)c1. The second-order valence-corrected chi connectivity index (χ2v) is 8.07. The van der Waals surface area contributed by atoms with Gasteiger partial charge in [-0.1, -0.05) is 49.4 Å². The number of nitrogens with zero attached hydrogens (tertiary/aromatic N) is 3. The Labute approximate surface area is 187 Å². The molecule has 0 aliphatic carbocycles. The molecule has 0 fully saturated rings. The van der Waals surface area contributed by atoms with E-state index in [9.17, 15) is 9.59 Å². The van der Waals surface area contributed by atoms with Crippen molar-refractivity contribution in [2.75, 3.05) is 0 Å². The van der Waals surface area contributed by atoms with Crippen LogP contribution in [-0.2, 0) is 24.2 Å². The fraction of sp³-hybridized carbons (Fsp3) is 0.269. The van der Waals surface area contributed by atoms with E-state index in [2.05, 4.69) is 29.4 Å². The Hall–Kier alpha value is -3.67. The normalized spacial score (nSPS) is 12.1. The highest BCUT2D eigenvalue weighted by Gasteiger charge is 2.18. The Morgan fingerprint density at radius 2 is 1.81 bits per heavy atom. The molecule has 0 radical (unpaired) electrons. The van der Waals surface area contributed by atoms with E-state index in [1.54, 1.807) is 27.7 Å². The molecule has 1 N–H and O–H groups in total. The first-order chi connectivity index (χ1) is 15.6. The molecule has 164 valence electrons. The van der Waals surface area contributed by atoms with Crippen LogP contribution in [0.1, 0.15) is 31.4 Å². The predicted octanol–water partition coefficient (Wildman–Crippen LogP) is 3.89. The van der Waals surface area contributed by atoms with Gasteiger partial charge in [-0.3, -0.25) is 14.3 Å². The zero-order chi connectivity index (χ0) is 22.5. The Morgan fingerprint density at radius 1 is 1.03 bits per heavy atom. The van der Waals surface area contributed by atoms with Gasteiger partial charge in [-0.05, 0) is 61.6 Å². The number of nitrogens with one attached hydrogen (secondary N) is 1. The summed E-state index contributed by atoms with van der Waals surface area (Å²) >= 11 is 0. The van der Waals surface area contributed by atoms with Crippen LogP contribution in [0.2, 0.25) is 0 Å². The van der Waals surface area contributed by atoms with Gasteiger partial charge < -0.3 is 5.32 Å². The molecule has 0 aliphatic heterocycles. The maximum Gasteiger partial charge on any atom is 0.280 e. The lowest BCUT2D eigenvalue weighted by atomic mass is 10.1. The standard InChI is InChI=1S/C26H28N4O2/c1-3-20-11-7-12-22(17-20)30-26(32)23-13-8-16-27-25(23)29(30)18-24(31)28-19(2)14-15-21-9-5-4-6-10-21/h4-13,16-17,19H,3,14-15,18H2,1-2H3,(H,28,31)/t19-/m1/s1. The van der Waals surface area contributed by atoms with Crippen molar-refractivity contribution in [3.8, 4) is 5.69 Å². The number of amides is 1. The van der Waals surface area contributed by atoms with E-state index in [1.165, 1.54) is 5.56 Å². The molecule has 4 aromatic rings. The molecular weight excluding hydrogens is 400 g/mol. The first-order valence-corrected chi connectivity index (χ1v) is 11.1. The highest BCUT2D eigenvalue weighted by atomic mass is 16.2. The van der Waals surface area contributed by atoms with Crippen LogP contribution in [0.4, 0.5) is 0 Å². The Morgan fingerprint density at radius 3 is 2.59 bits per heavy atom. The molecule has 1 atom stereocenters. The minimum absolute atomic E-state index is 0.0149. The van der Waals surface area contributed by atoms with Crippen LogP contribution in [0, 0.1) is 0 Å². The maximum absolute atomic E-state index is 13.2. The Kier molecular flexibility index (Phi) is 6.50. The topological polar surface area (TPSA) is 68.9 Å². The van der Waals surface area contributed by atoms with Crippen LogP contribution in [0.3, 0.4) is 0 Å². The highest BCUT2D eigenvalue weighted by molar-refractivity contribution is 5.80. The molecule has 0 saturated carbocycles. The van der Waals surface area contributed by atoms with Crippen LogP contribution in [-0.4, -0.2) is 26.3 Å². The Bertz CT molecular complexity index is 1270. The van der Waals surface area contributed by atoms with Crippen molar-refractivity contribution >= 4 is 16.9 Å². The molecular formula is C26H28N4O2. The first-order valence-electron chi connectivity index (χ1n) is 11.1. The van der Waals surface area contributed by atoms with Crippen LogP contribution in [0.15, 0.2) is 77.7 Å². The van der Waals surface area contributed by atoms with E-state index >= 15 is 0 Å². The number of hydrogen-bond donors (Lipinski definition) is 1. The first kappa shape index (κ1) is 21.6. The summed E-state index contributed by atoms with van der Waals surface area (Å²) < 4.78 is 3.23. The summed E-state index contributed by atoms with van der Waals surface area (Å²) in [5.41, 5.74) is 3.44. The van der Waals surface area contributed by atoms with Gasteiger partial charge in [0.25, 0.3) is 5.56 Å². The molecule has 2 heterocycles. The van der Waals surface area contributed by atoms with Crippen LogP contribution in [0.25, 0.3) is 16.7 Å². The number of fused-ring (bicyclic) bond motifs is 1. The summed E-state index contributed by atoms with van der Waals surface area (Å²) in [6.07, 6.45) is 4.24. The molecule has 0 saturated heterocycles. The molecule has 6 nitrogen and oxygen atoms in total. The zero-order valence-electron chi connectivity index (χ0n) is 18.5. The molecule has 0 aliphatic rings. The maximum atomic E-state index is 13.2. The summed E-state index contributed by atoms with van der Waals surface area (Å²) in [7, 11) is 0. The summed E-state index contributed by atoms with van der Waals surface area (Å²) in [5, 5.41) is 3.57. The molecule has 1 amide bonds. The van der Waals surface area contributed by atoms with Gasteiger partial charge in [0.2, 0.25) is 5.91 Å². The number of carbonyl (C=O) groups is 1. The fourth-order valence-corrected chi connectivity index (χ4v) is 3.95. The average molecular weight is 429 g/mol. The van der Waals surface area contributed by atoms with Crippen LogP contribution >= 0.6 is 0 Å². The van der Waals surface area contributed by atoms with Crippen molar-refractivity contribution in [1.82, 2.24) is 19.7 Å². The minimum atomic E-state index is -0.175. The Balaban J connectivity index is 1.58. The van der Waals surface area contributed by atoms with Gasteiger partial charge >= 0.3 is 0 Å². The molecule has 2 aromatic carbocycles. The van der Waals surface area contributed by atoms with Crippen molar-refractivity contribution < 1.29 is 4.79 Å². The summed E-state index contributed by atoms with van der Waals surface area (Å²) in [4.78, 5) is 30.5. The lowest BCUT2D eigenvalue weighted by Gasteiger charge is -2.16.